The van der Waals surface area contributed by atoms with Gasteiger partial charge in [0.15, 0.2) is 0 Å². The zero-order valence-electron chi connectivity index (χ0n) is 15.7. The second-order valence-corrected chi connectivity index (χ2v) is 6.89. The number of hydrogen-bond donors (Lipinski definition) is 2. The van der Waals surface area contributed by atoms with E-state index in [1.165, 1.54) is 22.1 Å². The van der Waals surface area contributed by atoms with Gasteiger partial charge in [-0.15, -0.1) is 0 Å². The largest absolute Gasteiger partial charge is 0.361 e. The van der Waals surface area contributed by atoms with E-state index in [4.69, 9.17) is 0 Å². The maximum atomic E-state index is 12.0. The van der Waals surface area contributed by atoms with Crippen LogP contribution in [0.15, 0.2) is 53.8 Å². The molecule has 0 radical (unpaired) electrons. The maximum absolute atomic E-state index is 12.0. The van der Waals surface area contributed by atoms with Crippen LogP contribution in [0.5, 0.6) is 0 Å². The fraction of sp³-hybridized carbons (Fsp3) is 0.409. The summed E-state index contributed by atoms with van der Waals surface area (Å²) >= 11 is 0. The first-order chi connectivity index (χ1) is 12.1. The lowest BCUT2D eigenvalue weighted by molar-refractivity contribution is -0.120. The van der Waals surface area contributed by atoms with Crippen LogP contribution >= 0.6 is 0 Å². The van der Waals surface area contributed by atoms with E-state index in [0.29, 0.717) is 13.0 Å². The number of H-pyrrole nitrogens is 1. The van der Waals surface area contributed by atoms with Crippen molar-refractivity contribution in [3.8, 4) is 0 Å². The first-order valence-corrected chi connectivity index (χ1v) is 9.17. The molecular formula is C22H30N2O. The Balaban J connectivity index is 1.66. The minimum absolute atomic E-state index is 0.133. The fourth-order valence-electron chi connectivity index (χ4n) is 2.90. The number of amides is 1. The summed E-state index contributed by atoms with van der Waals surface area (Å²) in [5.74, 6) is 0.133. The molecule has 3 heteroatoms. The second-order valence-electron chi connectivity index (χ2n) is 6.89. The van der Waals surface area contributed by atoms with E-state index in [2.05, 4.69) is 67.6 Å². The Kier molecular flexibility index (Phi) is 7.52. The zero-order valence-corrected chi connectivity index (χ0v) is 15.7. The second kappa shape index (κ2) is 9.87. The lowest BCUT2D eigenvalue weighted by atomic mass is 10.1. The third-order valence-electron chi connectivity index (χ3n) is 4.37. The van der Waals surface area contributed by atoms with Crippen molar-refractivity contribution >= 4 is 16.8 Å². The first kappa shape index (κ1) is 19.0. The Morgan fingerprint density at radius 1 is 1.12 bits per heavy atom. The van der Waals surface area contributed by atoms with E-state index >= 15 is 0 Å². The van der Waals surface area contributed by atoms with Gasteiger partial charge in [0.05, 0.1) is 0 Å². The molecule has 0 aliphatic heterocycles. The van der Waals surface area contributed by atoms with Crippen LogP contribution in [0.1, 0.15) is 52.0 Å². The van der Waals surface area contributed by atoms with Crippen molar-refractivity contribution in [3.63, 3.8) is 0 Å². The Labute approximate surface area is 151 Å². The molecule has 2 N–H and O–H groups in total. The summed E-state index contributed by atoms with van der Waals surface area (Å²) in [7, 11) is 0. The third-order valence-corrected chi connectivity index (χ3v) is 4.37. The van der Waals surface area contributed by atoms with Gasteiger partial charge in [-0.2, -0.15) is 0 Å². The first-order valence-electron chi connectivity index (χ1n) is 9.17. The molecule has 0 saturated heterocycles. The standard InChI is InChI=1S/C22H30N2O/c1-17(2)8-6-9-18(3)14-15-23-22(25)13-7-10-19-16-24-21-12-5-4-11-20(19)21/h4-5,8,11-12,14,16,24H,6-7,9-10,13,15H2,1-3H3,(H,23,25)/b18-14+. The van der Waals surface area contributed by atoms with Crippen molar-refractivity contribution in [2.45, 2.75) is 52.9 Å². The SMILES string of the molecule is CC(C)=CCC/C(C)=C/CNC(=O)CCCc1c[nH]c2ccccc12. The van der Waals surface area contributed by atoms with E-state index in [-0.39, 0.29) is 5.91 Å². The molecule has 1 heterocycles. The summed E-state index contributed by atoms with van der Waals surface area (Å²) < 4.78 is 0. The molecule has 25 heavy (non-hydrogen) atoms. The minimum atomic E-state index is 0.133. The van der Waals surface area contributed by atoms with Crippen LogP contribution in [-0.2, 0) is 11.2 Å². The number of aromatic nitrogens is 1. The zero-order chi connectivity index (χ0) is 18.1. The number of hydrogen-bond acceptors (Lipinski definition) is 1. The summed E-state index contributed by atoms with van der Waals surface area (Å²) in [6, 6.07) is 8.30. The highest BCUT2D eigenvalue weighted by atomic mass is 16.1. The Morgan fingerprint density at radius 3 is 2.72 bits per heavy atom. The predicted molar refractivity (Wildman–Crippen MR) is 107 cm³/mol. The summed E-state index contributed by atoms with van der Waals surface area (Å²) in [5.41, 5.74) is 5.14. The van der Waals surface area contributed by atoms with E-state index in [9.17, 15) is 4.79 Å². The summed E-state index contributed by atoms with van der Waals surface area (Å²) in [6.45, 7) is 7.00. The number of para-hydroxylation sites is 1. The highest BCUT2D eigenvalue weighted by Gasteiger charge is 2.05. The van der Waals surface area contributed by atoms with Crippen molar-refractivity contribution in [2.75, 3.05) is 6.54 Å². The van der Waals surface area contributed by atoms with Crippen LogP contribution in [0.25, 0.3) is 10.9 Å². The van der Waals surface area contributed by atoms with Crippen LogP contribution in [-0.4, -0.2) is 17.4 Å². The smallest absolute Gasteiger partial charge is 0.220 e. The number of rotatable bonds is 9. The van der Waals surface area contributed by atoms with Crippen molar-refractivity contribution in [1.82, 2.24) is 10.3 Å². The highest BCUT2D eigenvalue weighted by molar-refractivity contribution is 5.83. The number of aromatic amines is 1. The molecule has 0 aliphatic carbocycles. The molecule has 0 saturated carbocycles. The average molecular weight is 338 g/mol. The van der Waals surface area contributed by atoms with Gasteiger partial charge in [-0.05, 0) is 58.1 Å². The molecule has 134 valence electrons. The Bertz CT molecular complexity index is 748. The van der Waals surface area contributed by atoms with Crippen molar-refractivity contribution in [3.05, 3.63) is 59.3 Å². The van der Waals surface area contributed by atoms with E-state index < -0.39 is 0 Å². The summed E-state index contributed by atoms with van der Waals surface area (Å²) in [5, 5.41) is 4.25. The highest BCUT2D eigenvalue weighted by Crippen LogP contribution is 2.19. The van der Waals surface area contributed by atoms with Gasteiger partial charge in [0.2, 0.25) is 5.91 Å². The molecule has 3 nitrogen and oxygen atoms in total. The molecule has 0 spiro atoms. The molecule has 0 atom stereocenters. The van der Waals surface area contributed by atoms with Gasteiger partial charge in [0.1, 0.15) is 0 Å². The van der Waals surface area contributed by atoms with Gasteiger partial charge in [0.25, 0.3) is 0 Å². The lowest BCUT2D eigenvalue weighted by Gasteiger charge is -2.04. The molecule has 1 aromatic carbocycles. The van der Waals surface area contributed by atoms with Crippen LogP contribution in [0.3, 0.4) is 0 Å². The minimum Gasteiger partial charge on any atom is -0.361 e. The quantitative estimate of drug-likeness (QED) is 0.599. The molecule has 2 rings (SSSR count). The molecule has 0 unspecified atom stereocenters. The van der Waals surface area contributed by atoms with E-state index in [1.54, 1.807) is 0 Å². The Morgan fingerprint density at radius 2 is 1.92 bits per heavy atom. The van der Waals surface area contributed by atoms with Gasteiger partial charge in [-0.3, -0.25) is 4.79 Å². The Hall–Kier alpha value is -2.29. The van der Waals surface area contributed by atoms with Crippen molar-refractivity contribution < 1.29 is 4.79 Å². The topological polar surface area (TPSA) is 44.9 Å². The number of fused-ring (bicyclic) bond motifs is 1. The van der Waals surface area contributed by atoms with Gasteiger partial charge >= 0.3 is 0 Å². The number of carbonyl (C=O) groups excluding carboxylic acids is 1. The molecule has 1 aromatic heterocycles. The number of allylic oxidation sites excluding steroid dienone is 3. The monoisotopic (exact) mass is 338 g/mol. The maximum Gasteiger partial charge on any atom is 0.220 e. The number of benzene rings is 1. The number of nitrogens with one attached hydrogen (secondary N) is 2. The van der Waals surface area contributed by atoms with Crippen LogP contribution in [0.4, 0.5) is 0 Å². The molecule has 0 fully saturated rings. The van der Waals surface area contributed by atoms with Gasteiger partial charge in [-0.1, -0.05) is 41.5 Å². The number of carbonyl (C=O) groups is 1. The van der Waals surface area contributed by atoms with Crippen LogP contribution < -0.4 is 5.32 Å². The number of aryl methyl sites for hydroxylation is 1. The molecule has 0 bridgehead atoms. The van der Waals surface area contributed by atoms with Crippen LogP contribution in [0, 0.1) is 0 Å². The lowest BCUT2D eigenvalue weighted by Crippen LogP contribution is -2.23. The summed E-state index contributed by atoms with van der Waals surface area (Å²) in [6.07, 6.45) is 10.9. The normalized spacial score (nSPS) is 11.6. The molecule has 2 aromatic rings. The van der Waals surface area contributed by atoms with Gasteiger partial charge in [0, 0.05) is 30.1 Å². The average Bonchev–Trinajstić information content (AvgIpc) is 2.98. The van der Waals surface area contributed by atoms with Crippen LogP contribution in [0.2, 0.25) is 0 Å². The van der Waals surface area contributed by atoms with Gasteiger partial charge in [-0.25, -0.2) is 0 Å². The summed E-state index contributed by atoms with van der Waals surface area (Å²) in [4.78, 5) is 15.2. The van der Waals surface area contributed by atoms with Gasteiger partial charge < -0.3 is 10.3 Å². The van der Waals surface area contributed by atoms with Crippen molar-refractivity contribution in [2.24, 2.45) is 0 Å². The molecular weight excluding hydrogens is 308 g/mol. The molecule has 0 aliphatic rings. The van der Waals surface area contributed by atoms with E-state index in [0.717, 1.165) is 31.2 Å². The molecule has 1 amide bonds. The van der Waals surface area contributed by atoms with E-state index in [1.807, 2.05) is 6.07 Å². The van der Waals surface area contributed by atoms with Crippen molar-refractivity contribution in [1.29, 1.82) is 0 Å². The fourth-order valence-corrected chi connectivity index (χ4v) is 2.90. The predicted octanol–water partition coefficient (Wildman–Crippen LogP) is 5.30. The third kappa shape index (κ3) is 6.61.